The number of pyridine rings is 1. The van der Waals surface area contributed by atoms with E-state index in [-0.39, 0.29) is 12.1 Å². The van der Waals surface area contributed by atoms with E-state index in [1.807, 2.05) is 54.7 Å². The van der Waals surface area contributed by atoms with Crippen LogP contribution in [-0.2, 0) is 0 Å². The molecule has 8 heteroatoms. The lowest BCUT2D eigenvalue weighted by Crippen LogP contribution is -2.47. The summed E-state index contributed by atoms with van der Waals surface area (Å²) in [5.74, 6) is 0. The number of thiol groups is 1. The predicted molar refractivity (Wildman–Crippen MR) is 126 cm³/mol. The highest BCUT2D eigenvalue weighted by Crippen LogP contribution is 2.30. The molecule has 1 saturated heterocycles. The fourth-order valence-corrected chi connectivity index (χ4v) is 4.62. The number of rotatable bonds is 3. The maximum atomic E-state index is 12.6. The molecule has 0 spiro atoms. The zero-order chi connectivity index (χ0) is 20.4. The summed E-state index contributed by atoms with van der Waals surface area (Å²) in [6, 6.07) is 15.2. The number of nitrogens with one attached hydrogen (secondary N) is 1. The molecule has 2 heterocycles. The third-order valence-corrected chi connectivity index (χ3v) is 6.42. The van der Waals surface area contributed by atoms with Crippen molar-refractivity contribution in [3.05, 3.63) is 64.2 Å². The number of fused-ring (bicyclic) bond motifs is 1. The zero-order valence-electron chi connectivity index (χ0n) is 15.6. The number of anilines is 2. The molecule has 0 radical (unpaired) electrons. The van der Waals surface area contributed by atoms with Crippen LogP contribution in [0.4, 0.5) is 16.2 Å². The highest BCUT2D eigenvalue weighted by Gasteiger charge is 2.24. The summed E-state index contributed by atoms with van der Waals surface area (Å²) >= 11 is 14.0. The van der Waals surface area contributed by atoms with E-state index in [9.17, 15) is 4.79 Å². The van der Waals surface area contributed by atoms with Gasteiger partial charge >= 0.3 is 6.03 Å². The van der Waals surface area contributed by atoms with Gasteiger partial charge in [-0.25, -0.2) is 9.10 Å². The molecule has 2 amide bonds. The van der Waals surface area contributed by atoms with Gasteiger partial charge in [-0.05, 0) is 65.2 Å². The monoisotopic (exact) mass is 490 g/mol. The Bertz CT molecular complexity index is 1040. The van der Waals surface area contributed by atoms with E-state index in [1.165, 1.54) is 4.31 Å². The van der Waals surface area contributed by atoms with E-state index in [1.54, 1.807) is 0 Å². The number of benzene rings is 2. The molecule has 0 unspecified atom stereocenters. The van der Waals surface area contributed by atoms with Crippen LogP contribution in [0.5, 0.6) is 0 Å². The summed E-state index contributed by atoms with van der Waals surface area (Å²) in [7, 11) is 0. The van der Waals surface area contributed by atoms with Crippen LogP contribution in [0.2, 0.25) is 5.02 Å². The average molecular weight is 492 g/mol. The summed E-state index contributed by atoms with van der Waals surface area (Å²) in [5.41, 5.74) is 2.78. The third kappa shape index (κ3) is 4.47. The topological polar surface area (TPSA) is 48.5 Å². The lowest BCUT2D eigenvalue weighted by Gasteiger charge is -2.35. The number of para-hydroxylation sites is 1. The molecule has 0 bridgehead atoms. The molecule has 5 nitrogen and oxygen atoms in total. The summed E-state index contributed by atoms with van der Waals surface area (Å²) in [4.78, 5) is 19.4. The largest absolute Gasteiger partial charge is 0.371 e. The number of piperidine rings is 1. The van der Waals surface area contributed by atoms with Gasteiger partial charge < -0.3 is 10.2 Å². The smallest absolute Gasteiger partial charge is 0.332 e. The minimum atomic E-state index is -0.222. The molecule has 2 aromatic carbocycles. The number of carbonyl (C=O) groups is 1. The number of aromatic nitrogens is 1. The lowest BCUT2D eigenvalue weighted by molar-refractivity contribution is 0.243. The predicted octanol–water partition coefficient (Wildman–Crippen LogP) is 5.68. The molecule has 29 heavy (non-hydrogen) atoms. The van der Waals surface area contributed by atoms with E-state index in [0.717, 1.165) is 47.0 Å². The van der Waals surface area contributed by atoms with Crippen molar-refractivity contribution in [2.45, 2.75) is 18.9 Å². The van der Waals surface area contributed by atoms with Gasteiger partial charge in [-0.1, -0.05) is 36.5 Å². The van der Waals surface area contributed by atoms with Crippen LogP contribution in [-0.4, -0.2) is 30.1 Å². The highest BCUT2D eigenvalue weighted by atomic mass is 79.9. The zero-order valence-corrected chi connectivity index (χ0v) is 18.8. The van der Waals surface area contributed by atoms with Gasteiger partial charge in [0.2, 0.25) is 0 Å². The first-order chi connectivity index (χ1) is 14.0. The number of amides is 2. The maximum absolute atomic E-state index is 12.6. The SMILES string of the molecule is O=C(NC1CCN(c2ccnc3ccc(Cl)cc23)CC1)N(S)c1ccccc1Br. The van der Waals surface area contributed by atoms with Gasteiger partial charge in [-0.15, -0.1) is 0 Å². The molecule has 1 fully saturated rings. The number of nitrogens with zero attached hydrogens (tertiary/aromatic N) is 3. The van der Waals surface area contributed by atoms with E-state index < -0.39 is 0 Å². The van der Waals surface area contributed by atoms with Crippen molar-refractivity contribution >= 4 is 68.7 Å². The molecule has 3 aromatic rings. The van der Waals surface area contributed by atoms with Crippen molar-refractivity contribution in [2.75, 3.05) is 22.3 Å². The van der Waals surface area contributed by atoms with Gasteiger partial charge in [0, 0.05) is 45.9 Å². The maximum Gasteiger partial charge on any atom is 0.332 e. The first-order valence-electron chi connectivity index (χ1n) is 9.36. The van der Waals surface area contributed by atoms with Gasteiger partial charge in [0.25, 0.3) is 0 Å². The summed E-state index contributed by atoms with van der Waals surface area (Å²) in [5, 5.41) is 4.85. The quantitative estimate of drug-likeness (QED) is 0.463. The minimum absolute atomic E-state index is 0.104. The van der Waals surface area contributed by atoms with E-state index >= 15 is 0 Å². The molecule has 4 rings (SSSR count). The van der Waals surface area contributed by atoms with Crippen LogP contribution in [0, 0.1) is 0 Å². The van der Waals surface area contributed by atoms with Crippen molar-refractivity contribution in [3.8, 4) is 0 Å². The molecule has 1 aliphatic rings. The lowest BCUT2D eigenvalue weighted by atomic mass is 10.0. The fraction of sp³-hybridized carbons (Fsp3) is 0.238. The molecule has 150 valence electrons. The van der Waals surface area contributed by atoms with Crippen LogP contribution < -0.4 is 14.5 Å². The second-order valence-electron chi connectivity index (χ2n) is 6.97. The van der Waals surface area contributed by atoms with Crippen molar-refractivity contribution in [1.29, 1.82) is 0 Å². The van der Waals surface area contributed by atoms with Crippen molar-refractivity contribution in [1.82, 2.24) is 10.3 Å². The first kappa shape index (κ1) is 20.3. The molecular weight excluding hydrogens is 472 g/mol. The summed E-state index contributed by atoms with van der Waals surface area (Å²) in [6.45, 7) is 1.69. The summed E-state index contributed by atoms with van der Waals surface area (Å²) < 4.78 is 2.16. The minimum Gasteiger partial charge on any atom is -0.371 e. The Kier molecular flexibility index (Phi) is 6.18. The number of hydrogen-bond acceptors (Lipinski definition) is 4. The number of urea groups is 1. The van der Waals surface area contributed by atoms with Crippen molar-refractivity contribution < 1.29 is 4.79 Å². The molecule has 0 saturated carbocycles. The fourth-order valence-electron chi connectivity index (χ4n) is 3.61. The number of hydrogen-bond donors (Lipinski definition) is 2. The van der Waals surface area contributed by atoms with Gasteiger partial charge in [0.15, 0.2) is 0 Å². The number of halogens is 2. The second-order valence-corrected chi connectivity index (χ2v) is 8.66. The van der Waals surface area contributed by atoms with Crippen LogP contribution in [0.25, 0.3) is 10.9 Å². The Morgan fingerprint density at radius 3 is 2.72 bits per heavy atom. The van der Waals surface area contributed by atoms with Crippen LogP contribution in [0.3, 0.4) is 0 Å². The second kappa shape index (κ2) is 8.81. The van der Waals surface area contributed by atoms with E-state index in [0.29, 0.717) is 10.7 Å². The standard InChI is InChI=1S/C21H20BrClN4OS/c22-17-3-1-2-4-20(17)27(29)21(28)25-15-8-11-26(12-9-15)19-7-10-24-18-6-5-14(23)13-16(18)19/h1-7,10,13,15,29H,8-9,11-12H2,(H,25,28). The van der Waals surface area contributed by atoms with E-state index in [2.05, 4.69) is 43.9 Å². The number of carbonyl (C=O) groups excluding carboxylic acids is 1. The van der Waals surface area contributed by atoms with Gasteiger partial charge in [-0.2, -0.15) is 0 Å². The Morgan fingerprint density at radius 2 is 1.97 bits per heavy atom. The Labute approximate surface area is 188 Å². The Hall–Kier alpha value is -1.96. The summed E-state index contributed by atoms with van der Waals surface area (Å²) in [6.07, 6.45) is 3.54. The first-order valence-corrected chi connectivity index (χ1v) is 10.9. The molecule has 0 aliphatic carbocycles. The Balaban J connectivity index is 1.41. The van der Waals surface area contributed by atoms with Crippen LogP contribution >= 0.6 is 40.3 Å². The van der Waals surface area contributed by atoms with E-state index in [4.69, 9.17) is 11.6 Å². The van der Waals surface area contributed by atoms with Gasteiger partial charge in [-0.3, -0.25) is 4.98 Å². The average Bonchev–Trinajstić information content (AvgIpc) is 2.74. The van der Waals surface area contributed by atoms with Gasteiger partial charge in [0.05, 0.1) is 11.2 Å². The van der Waals surface area contributed by atoms with Crippen LogP contribution in [0.1, 0.15) is 12.8 Å². The molecule has 1 aromatic heterocycles. The van der Waals surface area contributed by atoms with Crippen LogP contribution in [0.15, 0.2) is 59.2 Å². The molecule has 0 atom stereocenters. The molecular formula is C21H20BrClN4OS. The third-order valence-electron chi connectivity index (χ3n) is 5.12. The molecule has 1 N–H and O–H groups in total. The Morgan fingerprint density at radius 1 is 1.21 bits per heavy atom. The van der Waals surface area contributed by atoms with Gasteiger partial charge in [0.1, 0.15) is 0 Å². The van der Waals surface area contributed by atoms with Crippen molar-refractivity contribution in [2.24, 2.45) is 0 Å². The van der Waals surface area contributed by atoms with Crippen molar-refractivity contribution in [3.63, 3.8) is 0 Å². The highest BCUT2D eigenvalue weighted by molar-refractivity contribution is 9.10. The molecule has 1 aliphatic heterocycles. The normalized spacial score (nSPS) is 14.8.